The highest BCUT2D eigenvalue weighted by Crippen LogP contribution is 2.31. The van der Waals surface area contributed by atoms with E-state index in [1.165, 1.54) is 55.3 Å². The van der Waals surface area contributed by atoms with Crippen LogP contribution in [0.4, 0.5) is 5.69 Å². The SMILES string of the molecule is CNC(=O)[C@@H](C)N(Cc1ccc(Cl)cc1Cl)C(=O)CN(c1ccc(Cl)c(Cl)c1)S(=O)(=O)c1ccccc1. The van der Waals surface area contributed by atoms with Crippen LogP contribution in [0.1, 0.15) is 12.5 Å². The Hall–Kier alpha value is -2.49. The molecular weight excluding hydrogens is 580 g/mol. The van der Waals surface area contributed by atoms with Crippen LogP contribution in [0, 0.1) is 0 Å². The van der Waals surface area contributed by atoms with E-state index >= 15 is 0 Å². The summed E-state index contributed by atoms with van der Waals surface area (Å²) in [4.78, 5) is 27.5. The van der Waals surface area contributed by atoms with Gasteiger partial charge in [0.05, 0.1) is 20.6 Å². The molecule has 0 bridgehead atoms. The van der Waals surface area contributed by atoms with Crippen LogP contribution in [0.3, 0.4) is 0 Å². The lowest BCUT2D eigenvalue weighted by Crippen LogP contribution is -2.50. The number of hydrogen-bond donors (Lipinski definition) is 1. The minimum absolute atomic E-state index is 0.0273. The van der Waals surface area contributed by atoms with Crippen LogP contribution in [0.5, 0.6) is 0 Å². The maximum atomic E-state index is 13.7. The molecule has 12 heteroatoms. The number of carbonyl (C=O) groups is 2. The zero-order valence-electron chi connectivity index (χ0n) is 19.8. The van der Waals surface area contributed by atoms with Crippen molar-refractivity contribution in [3.63, 3.8) is 0 Å². The first-order chi connectivity index (χ1) is 17.4. The Morgan fingerprint density at radius 3 is 2.16 bits per heavy atom. The second-order valence-corrected chi connectivity index (χ2v) is 11.5. The van der Waals surface area contributed by atoms with Crippen LogP contribution in [0.25, 0.3) is 0 Å². The fourth-order valence-corrected chi connectivity index (χ4v) is 5.70. The van der Waals surface area contributed by atoms with Crippen LogP contribution in [-0.2, 0) is 26.2 Å². The molecule has 0 saturated heterocycles. The Kier molecular flexibility index (Phi) is 9.72. The topological polar surface area (TPSA) is 86.8 Å². The zero-order valence-corrected chi connectivity index (χ0v) is 23.6. The molecule has 3 rings (SSSR count). The van der Waals surface area contributed by atoms with Crippen molar-refractivity contribution in [2.24, 2.45) is 0 Å². The lowest BCUT2D eigenvalue weighted by Gasteiger charge is -2.32. The second-order valence-electron chi connectivity index (χ2n) is 7.97. The third kappa shape index (κ3) is 6.89. The summed E-state index contributed by atoms with van der Waals surface area (Å²) in [5.41, 5.74) is 0.658. The standard InChI is InChI=1S/C25H23Cl4N3O4S/c1-16(25(34)30-2)31(14-17-8-9-18(26)12-22(17)28)24(33)15-32(19-10-11-21(27)23(29)13-19)37(35,36)20-6-4-3-5-7-20/h3-13,16H,14-15H2,1-2H3,(H,30,34)/t16-/m1/s1. The maximum absolute atomic E-state index is 13.7. The van der Waals surface area contributed by atoms with Crippen molar-refractivity contribution in [1.29, 1.82) is 0 Å². The van der Waals surface area contributed by atoms with E-state index in [0.29, 0.717) is 15.6 Å². The number of benzene rings is 3. The van der Waals surface area contributed by atoms with Crippen molar-refractivity contribution >= 4 is 73.9 Å². The number of anilines is 1. The van der Waals surface area contributed by atoms with Crippen molar-refractivity contribution in [3.8, 4) is 0 Å². The molecule has 3 aromatic carbocycles. The van der Waals surface area contributed by atoms with Gasteiger partial charge in [-0.05, 0) is 55.0 Å². The van der Waals surface area contributed by atoms with E-state index in [0.717, 1.165) is 4.31 Å². The van der Waals surface area contributed by atoms with Crippen LogP contribution in [-0.4, -0.2) is 44.8 Å². The third-order valence-corrected chi connectivity index (χ3v) is 8.68. The summed E-state index contributed by atoms with van der Waals surface area (Å²) < 4.78 is 28.3. The maximum Gasteiger partial charge on any atom is 0.264 e. The van der Waals surface area contributed by atoms with Gasteiger partial charge in [0.25, 0.3) is 10.0 Å². The molecule has 2 amide bonds. The minimum atomic E-state index is -4.21. The molecule has 0 saturated carbocycles. The van der Waals surface area contributed by atoms with Crippen LogP contribution in [0.2, 0.25) is 20.1 Å². The lowest BCUT2D eigenvalue weighted by atomic mass is 10.1. The Bertz CT molecular complexity index is 1400. The van der Waals surface area contributed by atoms with Crippen molar-refractivity contribution < 1.29 is 18.0 Å². The molecule has 37 heavy (non-hydrogen) atoms. The first-order valence-corrected chi connectivity index (χ1v) is 13.9. The average molecular weight is 603 g/mol. The smallest absolute Gasteiger partial charge is 0.264 e. The Labute approximate surface area is 235 Å². The van der Waals surface area contributed by atoms with E-state index in [4.69, 9.17) is 46.4 Å². The van der Waals surface area contributed by atoms with E-state index in [9.17, 15) is 18.0 Å². The van der Waals surface area contributed by atoms with Gasteiger partial charge in [-0.2, -0.15) is 0 Å². The van der Waals surface area contributed by atoms with Gasteiger partial charge in [-0.1, -0.05) is 70.7 Å². The van der Waals surface area contributed by atoms with Crippen LogP contribution in [0.15, 0.2) is 71.6 Å². The summed E-state index contributed by atoms with van der Waals surface area (Å²) in [6.07, 6.45) is 0. The minimum Gasteiger partial charge on any atom is -0.357 e. The number of halogens is 4. The number of amides is 2. The van der Waals surface area contributed by atoms with Gasteiger partial charge in [0.1, 0.15) is 12.6 Å². The molecule has 0 aliphatic carbocycles. The molecule has 0 unspecified atom stereocenters. The highest BCUT2D eigenvalue weighted by atomic mass is 35.5. The predicted octanol–water partition coefficient (Wildman–Crippen LogP) is 5.66. The molecule has 3 aromatic rings. The van der Waals surface area contributed by atoms with Gasteiger partial charge in [-0.25, -0.2) is 8.42 Å². The normalized spacial score (nSPS) is 12.1. The molecule has 0 aromatic heterocycles. The molecule has 0 aliphatic rings. The average Bonchev–Trinajstić information content (AvgIpc) is 2.88. The zero-order chi connectivity index (χ0) is 27.3. The summed E-state index contributed by atoms with van der Waals surface area (Å²) >= 11 is 24.5. The highest BCUT2D eigenvalue weighted by Gasteiger charge is 2.32. The molecule has 1 atom stereocenters. The van der Waals surface area contributed by atoms with Gasteiger partial charge in [-0.15, -0.1) is 0 Å². The molecular formula is C25H23Cl4N3O4S. The number of nitrogens with zero attached hydrogens (tertiary/aromatic N) is 2. The van der Waals surface area contributed by atoms with Gasteiger partial charge in [0.15, 0.2) is 0 Å². The Morgan fingerprint density at radius 2 is 1.57 bits per heavy atom. The van der Waals surface area contributed by atoms with E-state index in [1.54, 1.807) is 30.3 Å². The summed E-state index contributed by atoms with van der Waals surface area (Å²) in [6, 6.07) is 15.7. The molecule has 0 heterocycles. The first kappa shape index (κ1) is 29.1. The number of nitrogens with one attached hydrogen (secondary N) is 1. The molecule has 1 N–H and O–H groups in total. The summed E-state index contributed by atoms with van der Waals surface area (Å²) in [7, 11) is -2.77. The molecule has 7 nitrogen and oxygen atoms in total. The van der Waals surface area contributed by atoms with Crippen molar-refractivity contribution in [1.82, 2.24) is 10.2 Å². The van der Waals surface area contributed by atoms with Crippen molar-refractivity contribution in [3.05, 3.63) is 92.4 Å². The van der Waals surface area contributed by atoms with Crippen molar-refractivity contribution in [2.45, 2.75) is 24.4 Å². The predicted molar refractivity (Wildman–Crippen MR) is 148 cm³/mol. The number of rotatable bonds is 9. The van der Waals surface area contributed by atoms with Gasteiger partial charge >= 0.3 is 0 Å². The number of hydrogen-bond acceptors (Lipinski definition) is 4. The summed E-state index contributed by atoms with van der Waals surface area (Å²) in [5, 5.41) is 3.56. The Morgan fingerprint density at radius 1 is 0.892 bits per heavy atom. The van der Waals surface area contributed by atoms with E-state index in [-0.39, 0.29) is 27.2 Å². The van der Waals surface area contributed by atoms with E-state index < -0.39 is 34.4 Å². The Balaban J connectivity index is 2.06. The molecule has 0 aliphatic heterocycles. The van der Waals surface area contributed by atoms with Gasteiger partial charge in [0, 0.05) is 23.6 Å². The molecule has 0 spiro atoms. The first-order valence-electron chi connectivity index (χ1n) is 10.9. The third-order valence-electron chi connectivity index (χ3n) is 5.57. The second kappa shape index (κ2) is 12.4. The quantitative estimate of drug-likeness (QED) is 0.342. The number of likely N-dealkylation sites (N-methyl/N-ethyl adjacent to an activating group) is 1. The van der Waals surface area contributed by atoms with E-state index in [2.05, 4.69) is 5.32 Å². The fraction of sp³-hybridized carbons (Fsp3) is 0.200. The largest absolute Gasteiger partial charge is 0.357 e. The molecule has 0 radical (unpaired) electrons. The fourth-order valence-electron chi connectivity index (χ4n) is 3.51. The van der Waals surface area contributed by atoms with Crippen LogP contribution < -0.4 is 9.62 Å². The summed E-state index contributed by atoms with van der Waals surface area (Å²) in [6.45, 7) is 0.849. The van der Waals surface area contributed by atoms with Crippen LogP contribution >= 0.6 is 46.4 Å². The van der Waals surface area contributed by atoms with E-state index in [1.807, 2.05) is 0 Å². The molecule has 0 fully saturated rings. The van der Waals surface area contributed by atoms with Gasteiger partial charge in [-0.3, -0.25) is 13.9 Å². The number of sulfonamides is 1. The van der Waals surface area contributed by atoms with Gasteiger partial charge in [0.2, 0.25) is 11.8 Å². The highest BCUT2D eigenvalue weighted by molar-refractivity contribution is 7.92. The van der Waals surface area contributed by atoms with Gasteiger partial charge < -0.3 is 10.2 Å². The van der Waals surface area contributed by atoms with Crippen molar-refractivity contribution in [2.75, 3.05) is 17.9 Å². The summed E-state index contributed by atoms with van der Waals surface area (Å²) in [5.74, 6) is -1.09. The monoisotopic (exact) mass is 601 g/mol. The number of carbonyl (C=O) groups excluding carboxylic acids is 2. The molecule has 196 valence electrons. The lowest BCUT2D eigenvalue weighted by molar-refractivity contribution is -0.139.